The lowest BCUT2D eigenvalue weighted by atomic mass is 10.2. The Hall–Kier alpha value is -0.680. The van der Waals surface area contributed by atoms with E-state index in [1.807, 2.05) is 18.7 Å². The van der Waals surface area contributed by atoms with Crippen molar-refractivity contribution in [3.8, 4) is 0 Å². The van der Waals surface area contributed by atoms with E-state index in [0.717, 1.165) is 19.4 Å². The molecule has 1 atom stereocenters. The monoisotopic (exact) mass is 229 g/mol. The van der Waals surface area contributed by atoms with Gasteiger partial charge >= 0.3 is 0 Å². The van der Waals surface area contributed by atoms with Crippen LogP contribution in [0.4, 0.5) is 0 Å². The summed E-state index contributed by atoms with van der Waals surface area (Å²) in [6, 6.07) is 0.251. The maximum atomic E-state index is 11.7. The second kappa shape index (κ2) is 5.42. The molecule has 0 spiro atoms. The lowest BCUT2D eigenvalue weighted by Crippen LogP contribution is -2.48. The van der Waals surface area contributed by atoms with Crippen LogP contribution in [0.5, 0.6) is 0 Å². The summed E-state index contributed by atoms with van der Waals surface area (Å²) in [5, 5.41) is 2.98. The van der Waals surface area contributed by atoms with Crippen LogP contribution in [0, 0.1) is 0 Å². The Kier molecular flexibility index (Phi) is 4.47. The number of amides is 1. The zero-order valence-electron chi connectivity index (χ0n) is 9.32. The molecule has 3 N–H and O–H groups in total. The van der Waals surface area contributed by atoms with Crippen molar-refractivity contribution < 1.29 is 4.79 Å². The number of hydrogen-bond donors (Lipinski definition) is 2. The summed E-state index contributed by atoms with van der Waals surface area (Å²) in [5.74, 6) is 0.0793. The van der Waals surface area contributed by atoms with Crippen molar-refractivity contribution in [2.75, 3.05) is 13.1 Å². The molecule has 1 saturated carbocycles. The van der Waals surface area contributed by atoms with Crippen LogP contribution < -0.4 is 11.1 Å². The molecule has 0 aromatic carbocycles. The molecule has 0 saturated heterocycles. The largest absolute Gasteiger partial charge is 0.392 e. The second-order valence-corrected chi connectivity index (χ2v) is 4.51. The quantitative estimate of drug-likeness (QED) is 0.642. The van der Waals surface area contributed by atoms with E-state index in [1.54, 1.807) is 0 Å². The van der Waals surface area contributed by atoms with Gasteiger partial charge in [-0.1, -0.05) is 19.1 Å². The highest BCUT2D eigenvalue weighted by Gasteiger charge is 2.27. The number of hydrogen-bond acceptors (Lipinski definition) is 3. The third-order valence-corrected chi connectivity index (χ3v) is 2.75. The zero-order valence-corrected chi connectivity index (χ0v) is 10.1. The molecule has 0 aromatic rings. The van der Waals surface area contributed by atoms with Gasteiger partial charge in [-0.05, 0) is 26.3 Å². The molecular formula is C10H19N3OS. The molecule has 1 unspecified atom stereocenters. The molecule has 1 aliphatic rings. The van der Waals surface area contributed by atoms with Crippen molar-refractivity contribution in [3.63, 3.8) is 0 Å². The Bertz CT molecular complexity index is 253. The number of carbonyl (C=O) groups is 1. The number of rotatable bonds is 6. The Morgan fingerprint density at radius 2 is 2.27 bits per heavy atom. The molecule has 1 rings (SSSR count). The summed E-state index contributed by atoms with van der Waals surface area (Å²) in [6.07, 6.45) is 2.22. The van der Waals surface area contributed by atoms with Gasteiger partial charge in [0, 0.05) is 12.6 Å². The minimum Gasteiger partial charge on any atom is -0.392 e. The average Bonchev–Trinajstić information content (AvgIpc) is 2.96. The number of nitrogens with two attached hydrogens (primary N) is 1. The van der Waals surface area contributed by atoms with Crippen LogP contribution in [0.1, 0.15) is 26.7 Å². The van der Waals surface area contributed by atoms with E-state index in [9.17, 15) is 4.79 Å². The molecule has 0 radical (unpaired) electrons. The first-order valence-electron chi connectivity index (χ1n) is 5.37. The van der Waals surface area contributed by atoms with Crippen molar-refractivity contribution in [1.82, 2.24) is 10.2 Å². The third-order valence-electron chi connectivity index (χ3n) is 2.62. The fraction of sp³-hybridized carbons (Fsp3) is 0.800. The van der Waals surface area contributed by atoms with E-state index in [1.165, 1.54) is 0 Å². The van der Waals surface area contributed by atoms with Gasteiger partial charge in [-0.2, -0.15) is 0 Å². The van der Waals surface area contributed by atoms with Gasteiger partial charge in [-0.3, -0.25) is 9.69 Å². The van der Waals surface area contributed by atoms with Gasteiger partial charge in [0.05, 0.1) is 11.0 Å². The first kappa shape index (κ1) is 12.4. The normalized spacial score (nSPS) is 17.5. The number of likely N-dealkylation sites (N-methyl/N-ethyl adjacent to an activating group) is 1. The number of thiocarbonyl (C=S) groups is 1. The van der Waals surface area contributed by atoms with Crippen molar-refractivity contribution in [2.45, 2.75) is 38.8 Å². The highest BCUT2D eigenvalue weighted by molar-refractivity contribution is 7.80. The van der Waals surface area contributed by atoms with Gasteiger partial charge in [-0.15, -0.1) is 0 Å². The molecule has 0 heterocycles. The van der Waals surface area contributed by atoms with Crippen molar-refractivity contribution in [1.29, 1.82) is 0 Å². The molecular weight excluding hydrogens is 210 g/mol. The van der Waals surface area contributed by atoms with Gasteiger partial charge in [0.25, 0.3) is 0 Å². The maximum absolute atomic E-state index is 11.7. The minimum absolute atomic E-state index is 0.0793. The number of nitrogens with one attached hydrogen (secondary N) is 1. The Morgan fingerprint density at radius 3 is 2.67 bits per heavy atom. The highest BCUT2D eigenvalue weighted by Crippen LogP contribution is 2.19. The summed E-state index contributed by atoms with van der Waals surface area (Å²) in [5.41, 5.74) is 5.48. The van der Waals surface area contributed by atoms with E-state index in [2.05, 4.69) is 5.32 Å². The van der Waals surface area contributed by atoms with E-state index < -0.39 is 0 Å². The molecule has 4 nitrogen and oxygen atoms in total. The highest BCUT2D eigenvalue weighted by atomic mass is 32.1. The van der Waals surface area contributed by atoms with Crippen molar-refractivity contribution in [2.24, 2.45) is 5.73 Å². The molecule has 86 valence electrons. The fourth-order valence-corrected chi connectivity index (χ4v) is 1.60. The molecule has 1 amide bonds. The second-order valence-electron chi connectivity index (χ2n) is 3.99. The molecule has 0 bridgehead atoms. The Labute approximate surface area is 96.2 Å². The minimum atomic E-state index is -0.155. The van der Waals surface area contributed by atoms with Crippen LogP contribution in [0.2, 0.25) is 0 Å². The molecule has 15 heavy (non-hydrogen) atoms. The summed E-state index contributed by atoms with van der Waals surface area (Å²) >= 11 is 4.85. The summed E-state index contributed by atoms with van der Waals surface area (Å²) < 4.78 is 0. The van der Waals surface area contributed by atoms with Gasteiger partial charge < -0.3 is 11.1 Å². The first-order valence-corrected chi connectivity index (χ1v) is 5.78. The molecule has 0 aromatic heterocycles. The SMILES string of the molecule is CCN(CC(N)=S)C(C)C(=O)NC1CC1. The Balaban J connectivity index is 2.42. The smallest absolute Gasteiger partial charge is 0.237 e. The van der Waals surface area contributed by atoms with Crippen LogP contribution in [-0.2, 0) is 4.79 Å². The van der Waals surface area contributed by atoms with Gasteiger partial charge in [-0.25, -0.2) is 0 Å². The Morgan fingerprint density at radius 1 is 1.67 bits per heavy atom. The average molecular weight is 229 g/mol. The van der Waals surface area contributed by atoms with Gasteiger partial charge in [0.2, 0.25) is 5.91 Å². The van der Waals surface area contributed by atoms with Gasteiger partial charge in [0.1, 0.15) is 0 Å². The van der Waals surface area contributed by atoms with Crippen molar-refractivity contribution >= 4 is 23.1 Å². The topological polar surface area (TPSA) is 58.4 Å². The summed E-state index contributed by atoms with van der Waals surface area (Å²) in [6.45, 7) is 5.17. The van der Waals surface area contributed by atoms with E-state index in [4.69, 9.17) is 18.0 Å². The lowest BCUT2D eigenvalue weighted by molar-refractivity contribution is -0.125. The van der Waals surface area contributed by atoms with Crippen LogP contribution in [-0.4, -0.2) is 41.0 Å². The van der Waals surface area contributed by atoms with Crippen LogP contribution in [0.3, 0.4) is 0 Å². The van der Waals surface area contributed by atoms with Crippen LogP contribution >= 0.6 is 12.2 Å². The number of carbonyl (C=O) groups excluding carboxylic acids is 1. The van der Waals surface area contributed by atoms with Gasteiger partial charge in [0.15, 0.2) is 0 Å². The molecule has 1 aliphatic carbocycles. The summed E-state index contributed by atoms with van der Waals surface area (Å²) in [7, 11) is 0. The molecule has 5 heteroatoms. The zero-order chi connectivity index (χ0) is 11.4. The number of nitrogens with zero attached hydrogens (tertiary/aromatic N) is 1. The van der Waals surface area contributed by atoms with Crippen molar-refractivity contribution in [3.05, 3.63) is 0 Å². The van der Waals surface area contributed by atoms with Crippen LogP contribution in [0.25, 0.3) is 0 Å². The molecule has 1 fully saturated rings. The van der Waals surface area contributed by atoms with Crippen LogP contribution in [0.15, 0.2) is 0 Å². The first-order chi connectivity index (χ1) is 7.04. The summed E-state index contributed by atoms with van der Waals surface area (Å²) in [4.78, 5) is 14.1. The fourth-order valence-electron chi connectivity index (χ4n) is 1.44. The molecule has 0 aliphatic heterocycles. The van der Waals surface area contributed by atoms with E-state index in [0.29, 0.717) is 17.6 Å². The van der Waals surface area contributed by atoms with E-state index >= 15 is 0 Å². The predicted molar refractivity (Wildman–Crippen MR) is 64.7 cm³/mol. The third kappa shape index (κ3) is 4.13. The predicted octanol–water partition coefficient (Wildman–Crippen LogP) is 0.262. The standard InChI is InChI=1S/C10H19N3OS/c1-3-13(6-9(11)15)7(2)10(14)12-8-4-5-8/h7-8H,3-6H2,1-2H3,(H2,11,15)(H,12,14). The lowest BCUT2D eigenvalue weighted by Gasteiger charge is -2.26. The van der Waals surface area contributed by atoms with E-state index in [-0.39, 0.29) is 11.9 Å². The maximum Gasteiger partial charge on any atom is 0.237 e.